The molecule has 0 bridgehead atoms. The molecule has 23 heavy (non-hydrogen) atoms. The number of thioether (sulfide) groups is 1. The van der Waals surface area contributed by atoms with Crippen LogP contribution < -0.4 is 5.32 Å². The molecule has 0 aliphatic carbocycles. The Bertz CT molecular complexity index is 519. The molecule has 0 radical (unpaired) electrons. The van der Waals surface area contributed by atoms with E-state index in [1.54, 1.807) is 11.8 Å². The maximum absolute atomic E-state index is 12.5. The van der Waals surface area contributed by atoms with Gasteiger partial charge in [0.15, 0.2) is 0 Å². The molecule has 2 aliphatic rings. The Morgan fingerprint density at radius 3 is 2.78 bits per heavy atom. The van der Waals surface area contributed by atoms with Crippen LogP contribution in [0.3, 0.4) is 0 Å². The number of benzene rings is 1. The summed E-state index contributed by atoms with van der Waals surface area (Å²) >= 11 is 1.69. The lowest BCUT2D eigenvalue weighted by Crippen LogP contribution is -2.52. The maximum atomic E-state index is 12.5. The first kappa shape index (κ1) is 16.8. The van der Waals surface area contributed by atoms with E-state index >= 15 is 0 Å². The van der Waals surface area contributed by atoms with E-state index in [1.165, 1.54) is 10.5 Å². The number of carbonyl (C=O) groups is 1. The molecule has 3 rings (SSSR count). The number of hydrogen-bond donors (Lipinski definition) is 1. The molecule has 1 amide bonds. The Hall–Kier alpha value is -1.04. The number of ether oxygens (including phenoxy) is 1. The van der Waals surface area contributed by atoms with E-state index in [1.807, 2.05) is 12.1 Å². The molecule has 2 heterocycles. The van der Waals surface area contributed by atoms with Crippen molar-refractivity contribution in [3.8, 4) is 0 Å². The van der Waals surface area contributed by atoms with Crippen molar-refractivity contribution in [2.45, 2.75) is 36.5 Å². The van der Waals surface area contributed by atoms with Crippen LogP contribution in [0.4, 0.5) is 0 Å². The first-order valence-electron chi connectivity index (χ1n) is 8.49. The second-order valence-corrected chi connectivity index (χ2v) is 7.87. The fourth-order valence-corrected chi connectivity index (χ4v) is 4.56. The van der Waals surface area contributed by atoms with Gasteiger partial charge in [-0.3, -0.25) is 9.69 Å². The number of fused-ring (bicyclic) bond motifs is 1. The quantitative estimate of drug-likeness (QED) is 0.896. The van der Waals surface area contributed by atoms with E-state index in [2.05, 4.69) is 36.2 Å². The van der Waals surface area contributed by atoms with Gasteiger partial charge in [0.1, 0.15) is 0 Å². The predicted octanol–water partition coefficient (Wildman–Crippen LogP) is 2.18. The van der Waals surface area contributed by atoms with Crippen LogP contribution in [0.1, 0.15) is 19.4 Å². The van der Waals surface area contributed by atoms with Crippen molar-refractivity contribution in [1.82, 2.24) is 10.2 Å². The van der Waals surface area contributed by atoms with E-state index in [9.17, 15) is 4.79 Å². The van der Waals surface area contributed by atoms with Crippen molar-refractivity contribution in [2.75, 3.05) is 32.8 Å². The summed E-state index contributed by atoms with van der Waals surface area (Å²) in [5.74, 6) is 0.687. The van der Waals surface area contributed by atoms with Crippen LogP contribution in [0.2, 0.25) is 0 Å². The molecule has 1 aromatic rings. The number of nitrogens with zero attached hydrogens (tertiary/aromatic N) is 1. The zero-order valence-electron chi connectivity index (χ0n) is 14.0. The van der Waals surface area contributed by atoms with Gasteiger partial charge < -0.3 is 10.1 Å². The Balaban J connectivity index is 1.53. The highest BCUT2D eigenvalue weighted by atomic mass is 32.2. The number of morpholine rings is 1. The highest BCUT2D eigenvalue weighted by Gasteiger charge is 2.29. The zero-order chi connectivity index (χ0) is 16.2. The largest absolute Gasteiger partial charge is 0.379 e. The van der Waals surface area contributed by atoms with E-state index in [0.717, 1.165) is 39.3 Å². The van der Waals surface area contributed by atoms with Gasteiger partial charge in [-0.05, 0) is 24.0 Å². The smallest absolute Gasteiger partial charge is 0.233 e. The lowest BCUT2D eigenvalue weighted by Gasteiger charge is -2.37. The first-order chi connectivity index (χ1) is 11.1. The fraction of sp³-hybridized carbons (Fsp3) is 0.611. The highest BCUT2D eigenvalue weighted by Crippen LogP contribution is 2.36. The van der Waals surface area contributed by atoms with Gasteiger partial charge in [0, 0.05) is 30.6 Å². The van der Waals surface area contributed by atoms with E-state index in [4.69, 9.17) is 4.74 Å². The van der Waals surface area contributed by atoms with Crippen molar-refractivity contribution >= 4 is 17.7 Å². The van der Waals surface area contributed by atoms with Crippen LogP contribution in [-0.4, -0.2) is 54.9 Å². The van der Waals surface area contributed by atoms with E-state index in [-0.39, 0.29) is 11.2 Å². The van der Waals surface area contributed by atoms with Gasteiger partial charge in [0.2, 0.25) is 5.91 Å². The number of nitrogens with one attached hydrogen (secondary N) is 1. The molecular weight excluding hydrogens is 308 g/mol. The Kier molecular flexibility index (Phi) is 5.62. The van der Waals surface area contributed by atoms with Crippen molar-refractivity contribution in [3.63, 3.8) is 0 Å². The Morgan fingerprint density at radius 1 is 1.35 bits per heavy atom. The van der Waals surface area contributed by atoms with E-state index < -0.39 is 0 Å². The van der Waals surface area contributed by atoms with Gasteiger partial charge in [-0.2, -0.15) is 0 Å². The van der Waals surface area contributed by atoms with Gasteiger partial charge in [-0.25, -0.2) is 0 Å². The summed E-state index contributed by atoms with van der Waals surface area (Å²) in [4.78, 5) is 16.2. The second kappa shape index (κ2) is 7.69. The van der Waals surface area contributed by atoms with Crippen molar-refractivity contribution in [1.29, 1.82) is 0 Å². The van der Waals surface area contributed by atoms with Crippen molar-refractivity contribution in [2.24, 2.45) is 5.92 Å². The molecule has 5 heteroatoms. The third-order valence-electron chi connectivity index (χ3n) is 4.71. The van der Waals surface area contributed by atoms with Gasteiger partial charge in [-0.15, -0.1) is 11.8 Å². The Labute approximate surface area is 143 Å². The van der Waals surface area contributed by atoms with Crippen molar-refractivity contribution < 1.29 is 9.53 Å². The van der Waals surface area contributed by atoms with Gasteiger partial charge in [-0.1, -0.05) is 32.0 Å². The van der Waals surface area contributed by atoms with Gasteiger partial charge in [0.25, 0.3) is 0 Å². The molecule has 0 aromatic heterocycles. The highest BCUT2D eigenvalue weighted by molar-refractivity contribution is 8.01. The molecular formula is C18H26N2O2S. The van der Waals surface area contributed by atoms with Crippen LogP contribution in [0.5, 0.6) is 0 Å². The molecule has 126 valence electrons. The summed E-state index contributed by atoms with van der Waals surface area (Å²) in [6, 6.07) is 8.71. The Morgan fingerprint density at radius 2 is 2.09 bits per heavy atom. The minimum Gasteiger partial charge on any atom is -0.379 e. The average molecular weight is 334 g/mol. The third-order valence-corrected chi connectivity index (χ3v) is 6.03. The molecule has 2 unspecified atom stereocenters. The number of rotatable bonds is 5. The van der Waals surface area contributed by atoms with Gasteiger partial charge in [0.05, 0.1) is 18.5 Å². The van der Waals surface area contributed by atoms with Crippen LogP contribution in [0.15, 0.2) is 29.2 Å². The van der Waals surface area contributed by atoms with Crippen molar-refractivity contribution in [3.05, 3.63) is 29.8 Å². The molecule has 1 aromatic carbocycles. The topological polar surface area (TPSA) is 41.6 Å². The summed E-state index contributed by atoms with van der Waals surface area (Å²) in [7, 11) is 0. The SMILES string of the molecule is CC(C)C(CNC(=O)C1Cc2ccccc2S1)N1CCOCC1. The molecule has 0 spiro atoms. The summed E-state index contributed by atoms with van der Waals surface area (Å²) in [5, 5.41) is 3.21. The second-order valence-electron chi connectivity index (χ2n) is 6.62. The normalized spacial score (nSPS) is 22.8. The summed E-state index contributed by atoms with van der Waals surface area (Å²) in [6.07, 6.45) is 0.844. The molecule has 2 aliphatic heterocycles. The number of amides is 1. The van der Waals surface area contributed by atoms with Crippen LogP contribution in [-0.2, 0) is 16.0 Å². The predicted molar refractivity (Wildman–Crippen MR) is 93.8 cm³/mol. The minimum absolute atomic E-state index is 0.0184. The summed E-state index contributed by atoms with van der Waals surface area (Å²) in [6.45, 7) is 8.70. The number of carbonyl (C=O) groups excluding carboxylic acids is 1. The minimum atomic E-state index is 0.0184. The molecule has 2 atom stereocenters. The maximum Gasteiger partial charge on any atom is 0.233 e. The molecule has 4 nitrogen and oxygen atoms in total. The molecule has 1 fully saturated rings. The van der Waals surface area contributed by atoms with Gasteiger partial charge >= 0.3 is 0 Å². The third kappa shape index (κ3) is 4.08. The zero-order valence-corrected chi connectivity index (χ0v) is 14.8. The fourth-order valence-electron chi connectivity index (χ4n) is 3.34. The molecule has 0 saturated carbocycles. The molecule has 1 N–H and O–H groups in total. The average Bonchev–Trinajstić information content (AvgIpc) is 2.99. The summed E-state index contributed by atoms with van der Waals surface area (Å²) in [5.41, 5.74) is 1.30. The van der Waals surface area contributed by atoms with Crippen LogP contribution in [0, 0.1) is 5.92 Å². The van der Waals surface area contributed by atoms with E-state index in [0.29, 0.717) is 12.0 Å². The lowest BCUT2D eigenvalue weighted by atomic mass is 10.0. The van der Waals surface area contributed by atoms with Crippen LogP contribution in [0.25, 0.3) is 0 Å². The first-order valence-corrected chi connectivity index (χ1v) is 9.37. The summed E-state index contributed by atoms with van der Waals surface area (Å²) < 4.78 is 5.44. The molecule has 1 saturated heterocycles. The monoisotopic (exact) mass is 334 g/mol. The number of hydrogen-bond acceptors (Lipinski definition) is 4. The van der Waals surface area contributed by atoms with Crippen LogP contribution >= 0.6 is 11.8 Å². The lowest BCUT2D eigenvalue weighted by molar-refractivity contribution is -0.121. The standard InChI is InChI=1S/C18H26N2O2S/c1-13(2)15(20-7-9-22-10-8-20)12-19-18(21)17-11-14-5-3-4-6-16(14)23-17/h3-6,13,15,17H,7-12H2,1-2H3,(H,19,21).